The first-order valence-corrected chi connectivity index (χ1v) is 10.1. The molecule has 150 valence electrons. The molecule has 0 saturated carbocycles. The second-order valence-corrected chi connectivity index (χ2v) is 7.62. The predicted octanol–water partition coefficient (Wildman–Crippen LogP) is 3.49. The number of rotatable bonds is 5. The van der Waals surface area contributed by atoms with Crippen molar-refractivity contribution in [3.8, 4) is 11.5 Å². The summed E-state index contributed by atoms with van der Waals surface area (Å²) in [5.41, 5.74) is 3.19. The molecule has 2 heterocycles. The molecule has 1 aliphatic rings. The number of amides is 1. The number of hydrogen-bond donors (Lipinski definition) is 0. The Bertz CT molecular complexity index is 945. The van der Waals surface area contributed by atoms with Gasteiger partial charge in [-0.25, -0.2) is 0 Å². The fraction of sp³-hybridized carbons (Fsp3) is 0.348. The highest BCUT2D eigenvalue weighted by Gasteiger charge is 2.26. The third-order valence-corrected chi connectivity index (χ3v) is 5.49. The van der Waals surface area contributed by atoms with Crippen LogP contribution >= 0.6 is 0 Å². The van der Waals surface area contributed by atoms with Crippen LogP contribution in [0.4, 0.5) is 0 Å². The maximum absolute atomic E-state index is 12.8. The largest absolute Gasteiger partial charge is 0.340 e. The topological polar surface area (TPSA) is 62.5 Å². The molecule has 6 nitrogen and oxygen atoms in total. The van der Waals surface area contributed by atoms with Gasteiger partial charge in [0.25, 0.3) is 5.89 Å². The molecule has 0 N–H and O–H groups in total. The first-order valence-electron chi connectivity index (χ1n) is 10.1. The lowest BCUT2D eigenvalue weighted by atomic mass is 9.99. The van der Waals surface area contributed by atoms with Gasteiger partial charge in [0.15, 0.2) is 5.82 Å². The number of carbonyl (C=O) groups excluding carboxylic acids is 1. The maximum atomic E-state index is 12.8. The van der Waals surface area contributed by atoms with Gasteiger partial charge in [0.2, 0.25) is 5.91 Å². The van der Waals surface area contributed by atoms with Crippen molar-refractivity contribution >= 4 is 5.91 Å². The first kappa shape index (κ1) is 19.3. The Balaban J connectivity index is 1.31. The van der Waals surface area contributed by atoms with Crippen molar-refractivity contribution in [3.05, 3.63) is 71.5 Å². The minimum absolute atomic E-state index is 0.114. The van der Waals surface area contributed by atoms with Crippen LogP contribution in [0.15, 0.2) is 59.1 Å². The molecule has 3 aromatic rings. The van der Waals surface area contributed by atoms with Gasteiger partial charge in [-0.15, -0.1) is 0 Å². The quantitative estimate of drug-likeness (QED) is 0.667. The van der Waals surface area contributed by atoms with Crippen LogP contribution in [-0.2, 0) is 11.3 Å². The molecule has 29 heavy (non-hydrogen) atoms. The van der Waals surface area contributed by atoms with E-state index in [0.717, 1.165) is 37.3 Å². The molecule has 0 radical (unpaired) electrons. The molecule has 1 fully saturated rings. The van der Waals surface area contributed by atoms with Crippen LogP contribution < -0.4 is 0 Å². The molecule has 4 rings (SSSR count). The average Bonchev–Trinajstić information content (AvgIpc) is 3.23. The summed E-state index contributed by atoms with van der Waals surface area (Å²) in [6.45, 7) is 7.72. The second kappa shape index (κ2) is 8.57. The van der Waals surface area contributed by atoms with Crippen molar-refractivity contribution in [2.75, 3.05) is 26.2 Å². The summed E-state index contributed by atoms with van der Waals surface area (Å²) in [6, 6.07) is 18.0. The zero-order valence-corrected chi connectivity index (χ0v) is 16.9. The lowest BCUT2D eigenvalue weighted by Crippen LogP contribution is -2.49. The molecule has 2 aromatic carbocycles. The zero-order valence-electron chi connectivity index (χ0n) is 16.9. The van der Waals surface area contributed by atoms with E-state index in [2.05, 4.69) is 15.0 Å². The van der Waals surface area contributed by atoms with Crippen molar-refractivity contribution in [1.82, 2.24) is 19.9 Å². The number of piperazine rings is 1. The van der Waals surface area contributed by atoms with Crippen molar-refractivity contribution < 1.29 is 9.32 Å². The smallest absolute Gasteiger partial charge is 0.257 e. The molecule has 0 aliphatic carbocycles. The Morgan fingerprint density at radius 3 is 2.41 bits per heavy atom. The van der Waals surface area contributed by atoms with Crippen molar-refractivity contribution in [2.24, 2.45) is 0 Å². The highest BCUT2D eigenvalue weighted by atomic mass is 16.5. The Kier molecular flexibility index (Phi) is 5.71. The average molecular weight is 390 g/mol. The summed E-state index contributed by atoms with van der Waals surface area (Å²) in [4.78, 5) is 21.6. The van der Waals surface area contributed by atoms with Crippen LogP contribution in [0.3, 0.4) is 0 Å². The molecular weight excluding hydrogens is 364 g/mol. The zero-order chi connectivity index (χ0) is 20.2. The van der Waals surface area contributed by atoms with Gasteiger partial charge in [-0.1, -0.05) is 53.2 Å². The van der Waals surface area contributed by atoms with Crippen LogP contribution in [0.5, 0.6) is 0 Å². The number of benzene rings is 2. The lowest BCUT2D eigenvalue weighted by Gasteiger charge is -2.35. The van der Waals surface area contributed by atoms with Gasteiger partial charge < -0.3 is 9.42 Å². The van der Waals surface area contributed by atoms with Crippen molar-refractivity contribution in [2.45, 2.75) is 26.3 Å². The van der Waals surface area contributed by atoms with E-state index in [4.69, 9.17) is 4.52 Å². The Morgan fingerprint density at radius 1 is 1.03 bits per heavy atom. The van der Waals surface area contributed by atoms with Crippen molar-refractivity contribution in [1.29, 1.82) is 0 Å². The van der Waals surface area contributed by atoms with Gasteiger partial charge in [0.05, 0.1) is 12.5 Å². The van der Waals surface area contributed by atoms with Crippen LogP contribution in [0.1, 0.15) is 29.8 Å². The number of aromatic nitrogens is 2. The van der Waals surface area contributed by atoms with Gasteiger partial charge in [0.1, 0.15) is 0 Å². The molecule has 1 unspecified atom stereocenters. The molecular formula is C23H26N4O2. The van der Waals surface area contributed by atoms with Crippen LogP contribution in [0, 0.1) is 6.92 Å². The summed E-state index contributed by atoms with van der Waals surface area (Å²) in [6.07, 6.45) is 0. The summed E-state index contributed by atoms with van der Waals surface area (Å²) in [5, 5.41) is 4.12. The molecule has 1 aromatic heterocycles. The van der Waals surface area contributed by atoms with Gasteiger partial charge in [-0.3, -0.25) is 9.69 Å². The molecule has 1 saturated heterocycles. The molecule has 1 aliphatic heterocycles. The van der Waals surface area contributed by atoms with Gasteiger partial charge in [0, 0.05) is 31.7 Å². The predicted molar refractivity (Wildman–Crippen MR) is 111 cm³/mol. The summed E-state index contributed by atoms with van der Waals surface area (Å²) in [7, 11) is 0. The highest BCUT2D eigenvalue weighted by Crippen LogP contribution is 2.20. The molecule has 0 spiro atoms. The highest BCUT2D eigenvalue weighted by molar-refractivity contribution is 5.83. The molecule has 0 bridgehead atoms. The van der Waals surface area contributed by atoms with E-state index in [1.807, 2.05) is 73.3 Å². The van der Waals surface area contributed by atoms with Crippen LogP contribution in [0.25, 0.3) is 11.5 Å². The van der Waals surface area contributed by atoms with Gasteiger partial charge in [-0.05, 0) is 31.5 Å². The van der Waals surface area contributed by atoms with E-state index in [0.29, 0.717) is 18.3 Å². The van der Waals surface area contributed by atoms with E-state index in [1.54, 1.807) is 0 Å². The van der Waals surface area contributed by atoms with Crippen LogP contribution in [-0.4, -0.2) is 52.0 Å². The fourth-order valence-electron chi connectivity index (χ4n) is 3.62. The number of aryl methyl sites for hydroxylation is 1. The third-order valence-electron chi connectivity index (χ3n) is 5.49. The molecule has 1 atom stereocenters. The second-order valence-electron chi connectivity index (χ2n) is 7.62. The SMILES string of the molecule is Cc1ccc(-c2nc(CN3CCN(C(=O)C(C)c4ccccc4)CC3)no2)cc1. The lowest BCUT2D eigenvalue weighted by molar-refractivity contribution is -0.134. The maximum Gasteiger partial charge on any atom is 0.257 e. The molecule has 6 heteroatoms. The van der Waals surface area contributed by atoms with E-state index in [1.165, 1.54) is 5.56 Å². The van der Waals surface area contributed by atoms with E-state index in [-0.39, 0.29) is 11.8 Å². The normalized spacial score (nSPS) is 16.0. The fourth-order valence-corrected chi connectivity index (χ4v) is 3.62. The van der Waals surface area contributed by atoms with Gasteiger partial charge >= 0.3 is 0 Å². The minimum Gasteiger partial charge on any atom is -0.340 e. The van der Waals surface area contributed by atoms with E-state index in [9.17, 15) is 4.79 Å². The van der Waals surface area contributed by atoms with Crippen molar-refractivity contribution in [3.63, 3.8) is 0 Å². The summed E-state index contributed by atoms with van der Waals surface area (Å²) < 4.78 is 5.42. The monoisotopic (exact) mass is 390 g/mol. The Labute approximate surface area is 171 Å². The van der Waals surface area contributed by atoms with E-state index < -0.39 is 0 Å². The third kappa shape index (κ3) is 4.54. The number of carbonyl (C=O) groups is 1. The number of nitrogens with zero attached hydrogens (tertiary/aromatic N) is 4. The Morgan fingerprint density at radius 2 is 1.72 bits per heavy atom. The molecule has 1 amide bonds. The van der Waals surface area contributed by atoms with Crippen LogP contribution in [0.2, 0.25) is 0 Å². The summed E-state index contributed by atoms with van der Waals surface area (Å²) >= 11 is 0. The van der Waals surface area contributed by atoms with E-state index >= 15 is 0 Å². The number of hydrogen-bond acceptors (Lipinski definition) is 5. The standard InChI is InChI=1S/C23H26N4O2/c1-17-8-10-20(11-9-17)22-24-21(25-29-22)16-26-12-14-27(15-13-26)23(28)18(2)19-6-4-3-5-7-19/h3-11,18H,12-16H2,1-2H3. The minimum atomic E-state index is -0.114. The first-order chi connectivity index (χ1) is 14.1. The van der Waals surface area contributed by atoms with Gasteiger partial charge in [-0.2, -0.15) is 4.98 Å². The summed E-state index contributed by atoms with van der Waals surface area (Å²) in [5.74, 6) is 1.30. The Hall–Kier alpha value is -2.99.